The van der Waals surface area contributed by atoms with Gasteiger partial charge in [-0.15, -0.1) is 0 Å². The maximum atomic E-state index is 11.7. The SMILES string of the molecule is Cc1cccc(NC2(C(N)=O)CCN(C)C2)c1. The van der Waals surface area contributed by atoms with Gasteiger partial charge in [0.05, 0.1) is 0 Å². The number of amides is 1. The van der Waals surface area contributed by atoms with Crippen LogP contribution in [0.25, 0.3) is 0 Å². The number of likely N-dealkylation sites (tertiary alicyclic amines) is 1. The lowest BCUT2D eigenvalue weighted by molar-refractivity contribution is -0.121. The molecule has 92 valence electrons. The molecule has 1 fully saturated rings. The van der Waals surface area contributed by atoms with Gasteiger partial charge in [0, 0.05) is 18.8 Å². The summed E-state index contributed by atoms with van der Waals surface area (Å²) in [5.74, 6) is -0.275. The molecule has 0 aromatic heterocycles. The fourth-order valence-electron chi connectivity index (χ4n) is 2.36. The minimum Gasteiger partial charge on any atom is -0.370 e. The van der Waals surface area contributed by atoms with Crippen LogP contribution in [0.2, 0.25) is 0 Å². The maximum absolute atomic E-state index is 11.7. The molecule has 17 heavy (non-hydrogen) atoms. The number of rotatable bonds is 3. The second-order valence-corrected chi connectivity index (χ2v) is 4.93. The standard InChI is InChI=1S/C13H19N3O/c1-10-4-3-5-11(8-10)15-13(12(14)17)6-7-16(2)9-13/h3-5,8,15H,6-7,9H2,1-2H3,(H2,14,17). The van der Waals surface area contributed by atoms with Crippen LogP contribution in [0.5, 0.6) is 0 Å². The maximum Gasteiger partial charge on any atom is 0.244 e. The Bertz CT molecular complexity index is 432. The molecule has 1 amide bonds. The predicted octanol–water partition coefficient (Wildman–Crippen LogP) is 0.967. The summed E-state index contributed by atoms with van der Waals surface area (Å²) in [6.45, 7) is 3.58. The number of likely N-dealkylation sites (N-methyl/N-ethyl adjacent to an activating group) is 1. The van der Waals surface area contributed by atoms with Crippen molar-refractivity contribution in [3.8, 4) is 0 Å². The van der Waals surface area contributed by atoms with Crippen molar-refractivity contribution in [2.75, 3.05) is 25.5 Å². The fourth-order valence-corrected chi connectivity index (χ4v) is 2.36. The third kappa shape index (κ3) is 2.42. The molecule has 4 heteroatoms. The highest BCUT2D eigenvalue weighted by Crippen LogP contribution is 2.25. The molecule has 1 saturated heterocycles. The lowest BCUT2D eigenvalue weighted by atomic mass is 9.97. The molecule has 3 N–H and O–H groups in total. The van der Waals surface area contributed by atoms with Crippen molar-refractivity contribution in [2.45, 2.75) is 18.9 Å². The Morgan fingerprint density at radius 2 is 2.29 bits per heavy atom. The molecule has 1 heterocycles. The number of aryl methyl sites for hydroxylation is 1. The van der Waals surface area contributed by atoms with Crippen LogP contribution >= 0.6 is 0 Å². The normalized spacial score (nSPS) is 24.8. The van der Waals surface area contributed by atoms with Crippen molar-refractivity contribution in [3.05, 3.63) is 29.8 Å². The van der Waals surface area contributed by atoms with Gasteiger partial charge in [-0.3, -0.25) is 4.79 Å². The highest BCUT2D eigenvalue weighted by Gasteiger charge is 2.42. The molecule has 2 rings (SSSR count). The Hall–Kier alpha value is -1.55. The molecule has 0 aliphatic carbocycles. The van der Waals surface area contributed by atoms with Gasteiger partial charge < -0.3 is 16.0 Å². The van der Waals surface area contributed by atoms with Crippen molar-refractivity contribution in [2.24, 2.45) is 5.73 Å². The van der Waals surface area contributed by atoms with E-state index in [2.05, 4.69) is 10.2 Å². The Kier molecular flexibility index (Phi) is 3.07. The smallest absolute Gasteiger partial charge is 0.244 e. The second-order valence-electron chi connectivity index (χ2n) is 4.93. The van der Waals surface area contributed by atoms with E-state index >= 15 is 0 Å². The van der Waals surface area contributed by atoms with Gasteiger partial charge in [-0.25, -0.2) is 0 Å². The molecular formula is C13H19N3O. The summed E-state index contributed by atoms with van der Waals surface area (Å²) in [6.07, 6.45) is 0.757. The van der Waals surface area contributed by atoms with Crippen molar-refractivity contribution in [1.82, 2.24) is 4.90 Å². The van der Waals surface area contributed by atoms with Gasteiger partial charge in [0.25, 0.3) is 0 Å². The molecule has 1 aromatic carbocycles. The van der Waals surface area contributed by atoms with Gasteiger partial charge in [0.15, 0.2) is 0 Å². The zero-order valence-corrected chi connectivity index (χ0v) is 10.4. The van der Waals surface area contributed by atoms with Gasteiger partial charge >= 0.3 is 0 Å². The summed E-state index contributed by atoms with van der Waals surface area (Å²) in [6, 6.07) is 8.01. The molecule has 4 nitrogen and oxygen atoms in total. The molecule has 1 aromatic rings. The number of nitrogens with two attached hydrogens (primary N) is 1. The molecule has 0 radical (unpaired) electrons. The first kappa shape index (κ1) is 11.9. The lowest BCUT2D eigenvalue weighted by Gasteiger charge is -2.28. The van der Waals surface area contributed by atoms with E-state index in [0.29, 0.717) is 6.54 Å². The van der Waals surface area contributed by atoms with Crippen LogP contribution in [0.3, 0.4) is 0 Å². The third-order valence-electron chi connectivity index (χ3n) is 3.33. The lowest BCUT2D eigenvalue weighted by Crippen LogP contribution is -2.52. The average Bonchev–Trinajstić information content (AvgIpc) is 2.61. The van der Waals surface area contributed by atoms with Crippen LogP contribution in [-0.4, -0.2) is 36.5 Å². The molecule has 0 spiro atoms. The van der Waals surface area contributed by atoms with Crippen LogP contribution in [0.1, 0.15) is 12.0 Å². The number of primary amides is 1. The summed E-state index contributed by atoms with van der Waals surface area (Å²) in [5, 5.41) is 3.31. The molecule has 1 unspecified atom stereocenters. The van der Waals surface area contributed by atoms with Crippen molar-refractivity contribution in [1.29, 1.82) is 0 Å². The number of benzene rings is 1. The summed E-state index contributed by atoms with van der Waals surface area (Å²) >= 11 is 0. The summed E-state index contributed by atoms with van der Waals surface area (Å²) < 4.78 is 0. The van der Waals surface area contributed by atoms with Gasteiger partial charge in [-0.1, -0.05) is 12.1 Å². The number of carbonyl (C=O) groups excluding carboxylic acids is 1. The van der Waals surface area contributed by atoms with Crippen LogP contribution in [0.4, 0.5) is 5.69 Å². The van der Waals surface area contributed by atoms with E-state index in [0.717, 1.165) is 18.7 Å². The van der Waals surface area contributed by atoms with Gasteiger partial charge in [0.1, 0.15) is 5.54 Å². The minimum absolute atomic E-state index is 0.275. The summed E-state index contributed by atoms with van der Waals surface area (Å²) in [7, 11) is 2.00. The van der Waals surface area contributed by atoms with E-state index < -0.39 is 5.54 Å². The van der Waals surface area contributed by atoms with Crippen LogP contribution < -0.4 is 11.1 Å². The zero-order valence-electron chi connectivity index (χ0n) is 10.4. The first-order chi connectivity index (χ1) is 8.02. The molecule has 1 atom stereocenters. The van der Waals surface area contributed by atoms with E-state index in [1.165, 1.54) is 5.56 Å². The quantitative estimate of drug-likeness (QED) is 0.817. The predicted molar refractivity (Wildman–Crippen MR) is 68.8 cm³/mol. The molecule has 1 aliphatic heterocycles. The van der Waals surface area contributed by atoms with Gasteiger partial charge in [0.2, 0.25) is 5.91 Å². The van der Waals surface area contributed by atoms with Crippen molar-refractivity contribution < 1.29 is 4.79 Å². The van der Waals surface area contributed by atoms with Gasteiger partial charge in [-0.05, 0) is 38.1 Å². The number of hydrogen-bond donors (Lipinski definition) is 2. The molecular weight excluding hydrogens is 214 g/mol. The number of nitrogens with zero attached hydrogens (tertiary/aromatic N) is 1. The number of carbonyl (C=O) groups is 1. The van der Waals surface area contributed by atoms with E-state index in [-0.39, 0.29) is 5.91 Å². The fraction of sp³-hybridized carbons (Fsp3) is 0.462. The molecule has 0 saturated carbocycles. The highest BCUT2D eigenvalue weighted by atomic mass is 16.1. The van der Waals surface area contributed by atoms with E-state index in [1.807, 2.05) is 38.2 Å². The zero-order chi connectivity index (χ0) is 12.5. The number of hydrogen-bond acceptors (Lipinski definition) is 3. The van der Waals surface area contributed by atoms with E-state index in [1.54, 1.807) is 0 Å². The number of nitrogens with one attached hydrogen (secondary N) is 1. The van der Waals surface area contributed by atoms with Crippen molar-refractivity contribution in [3.63, 3.8) is 0 Å². The highest BCUT2D eigenvalue weighted by molar-refractivity contribution is 5.88. The Morgan fingerprint density at radius 1 is 1.53 bits per heavy atom. The minimum atomic E-state index is -0.622. The van der Waals surface area contributed by atoms with Crippen molar-refractivity contribution >= 4 is 11.6 Å². The van der Waals surface area contributed by atoms with E-state index in [9.17, 15) is 4.79 Å². The average molecular weight is 233 g/mol. The molecule has 1 aliphatic rings. The molecule has 0 bridgehead atoms. The third-order valence-corrected chi connectivity index (χ3v) is 3.33. The monoisotopic (exact) mass is 233 g/mol. The van der Waals surface area contributed by atoms with Crippen LogP contribution in [0.15, 0.2) is 24.3 Å². The van der Waals surface area contributed by atoms with Crippen LogP contribution in [-0.2, 0) is 4.79 Å². The largest absolute Gasteiger partial charge is 0.370 e. The Balaban J connectivity index is 2.22. The first-order valence-electron chi connectivity index (χ1n) is 5.85. The topological polar surface area (TPSA) is 58.4 Å². The first-order valence-corrected chi connectivity index (χ1v) is 5.85. The second kappa shape index (κ2) is 4.37. The summed E-state index contributed by atoms with van der Waals surface area (Å²) in [4.78, 5) is 13.8. The summed E-state index contributed by atoms with van der Waals surface area (Å²) in [5.41, 5.74) is 7.06. The number of anilines is 1. The Labute approximate surface area is 102 Å². The Morgan fingerprint density at radius 3 is 2.82 bits per heavy atom. The van der Waals surface area contributed by atoms with Crippen LogP contribution in [0, 0.1) is 6.92 Å². The van der Waals surface area contributed by atoms with E-state index in [4.69, 9.17) is 5.73 Å². The van der Waals surface area contributed by atoms with Gasteiger partial charge in [-0.2, -0.15) is 0 Å².